The van der Waals surface area contributed by atoms with Gasteiger partial charge < -0.3 is 15.4 Å². The van der Waals surface area contributed by atoms with Crippen molar-refractivity contribution >= 4 is 11.9 Å². The predicted octanol–water partition coefficient (Wildman–Crippen LogP) is 0.840. The number of ether oxygens (including phenoxy) is 1. The molecule has 1 saturated heterocycles. The first-order chi connectivity index (χ1) is 9.72. The predicted molar refractivity (Wildman–Crippen MR) is 75.5 cm³/mol. The Labute approximate surface area is 117 Å². The SMILES string of the molecule is Cn1nc(N2CCC(Oc3ccncc3)CC2)nc1N. The topological polar surface area (TPSA) is 82.1 Å². The molecule has 0 spiro atoms. The second kappa shape index (κ2) is 5.36. The summed E-state index contributed by atoms with van der Waals surface area (Å²) in [6, 6.07) is 3.76. The lowest BCUT2D eigenvalue weighted by Gasteiger charge is -2.31. The molecule has 0 saturated carbocycles. The maximum Gasteiger partial charge on any atom is 0.246 e. The Morgan fingerprint density at radius 3 is 2.55 bits per heavy atom. The summed E-state index contributed by atoms with van der Waals surface area (Å²) in [5, 5.41) is 4.30. The third-order valence-corrected chi connectivity index (χ3v) is 3.46. The molecule has 0 aliphatic carbocycles. The van der Waals surface area contributed by atoms with E-state index in [9.17, 15) is 0 Å². The molecule has 0 aromatic carbocycles. The lowest BCUT2D eigenvalue weighted by Crippen LogP contribution is -2.38. The number of rotatable bonds is 3. The van der Waals surface area contributed by atoms with Crippen LogP contribution in [0.25, 0.3) is 0 Å². The Balaban J connectivity index is 1.57. The van der Waals surface area contributed by atoms with Gasteiger partial charge in [-0.2, -0.15) is 4.98 Å². The maximum atomic E-state index is 5.93. The summed E-state index contributed by atoms with van der Waals surface area (Å²) >= 11 is 0. The molecule has 2 aromatic heterocycles. The van der Waals surface area contributed by atoms with Crippen LogP contribution in [0.2, 0.25) is 0 Å². The smallest absolute Gasteiger partial charge is 0.246 e. The van der Waals surface area contributed by atoms with Crippen LogP contribution in [0.15, 0.2) is 24.5 Å². The van der Waals surface area contributed by atoms with Crippen LogP contribution in [-0.4, -0.2) is 38.9 Å². The third-order valence-electron chi connectivity index (χ3n) is 3.46. The molecule has 7 nitrogen and oxygen atoms in total. The molecule has 3 rings (SSSR count). The molecule has 7 heteroatoms. The summed E-state index contributed by atoms with van der Waals surface area (Å²) in [5.74, 6) is 2.01. The molecule has 2 aromatic rings. The highest BCUT2D eigenvalue weighted by molar-refractivity contribution is 5.35. The standard InChI is InChI=1S/C13H18N6O/c1-18-12(14)16-13(17-18)19-8-4-11(5-9-19)20-10-2-6-15-7-3-10/h2-3,6-7,11H,4-5,8-9H2,1H3,(H2,14,16,17). The minimum Gasteiger partial charge on any atom is -0.490 e. The second-order valence-electron chi connectivity index (χ2n) is 4.88. The van der Waals surface area contributed by atoms with Gasteiger partial charge in [-0.25, -0.2) is 4.68 Å². The highest BCUT2D eigenvalue weighted by atomic mass is 16.5. The van der Waals surface area contributed by atoms with Crippen molar-refractivity contribution in [3.05, 3.63) is 24.5 Å². The van der Waals surface area contributed by atoms with Gasteiger partial charge in [0.2, 0.25) is 11.9 Å². The number of nitrogen functional groups attached to an aromatic ring is 1. The summed E-state index contributed by atoms with van der Waals surface area (Å²) in [5.41, 5.74) is 5.71. The normalized spacial score (nSPS) is 16.4. The van der Waals surface area contributed by atoms with E-state index in [1.807, 2.05) is 12.1 Å². The van der Waals surface area contributed by atoms with Crippen LogP contribution >= 0.6 is 0 Å². The second-order valence-corrected chi connectivity index (χ2v) is 4.88. The van der Waals surface area contributed by atoms with Gasteiger partial charge in [-0.15, -0.1) is 5.10 Å². The van der Waals surface area contributed by atoms with Crippen LogP contribution in [0.3, 0.4) is 0 Å². The average molecular weight is 274 g/mol. The number of anilines is 2. The summed E-state index contributed by atoms with van der Waals surface area (Å²) in [6.45, 7) is 1.75. The van der Waals surface area contributed by atoms with E-state index in [4.69, 9.17) is 10.5 Å². The van der Waals surface area contributed by atoms with Gasteiger partial charge in [-0.1, -0.05) is 0 Å². The van der Waals surface area contributed by atoms with E-state index in [0.29, 0.717) is 11.9 Å². The summed E-state index contributed by atoms with van der Waals surface area (Å²) in [7, 11) is 1.80. The van der Waals surface area contributed by atoms with Gasteiger partial charge in [0.25, 0.3) is 0 Å². The third kappa shape index (κ3) is 2.66. The van der Waals surface area contributed by atoms with Gasteiger partial charge >= 0.3 is 0 Å². The van der Waals surface area contributed by atoms with Crippen LogP contribution in [0.4, 0.5) is 11.9 Å². The van der Waals surface area contributed by atoms with Gasteiger partial charge in [-0.3, -0.25) is 4.98 Å². The Hall–Kier alpha value is -2.31. The van der Waals surface area contributed by atoms with Crippen molar-refractivity contribution in [2.24, 2.45) is 7.05 Å². The number of nitrogens with two attached hydrogens (primary N) is 1. The van der Waals surface area contributed by atoms with E-state index >= 15 is 0 Å². The zero-order valence-corrected chi connectivity index (χ0v) is 11.4. The number of hydrogen-bond donors (Lipinski definition) is 1. The van der Waals surface area contributed by atoms with E-state index in [1.54, 1.807) is 24.1 Å². The van der Waals surface area contributed by atoms with Crippen molar-refractivity contribution in [1.82, 2.24) is 19.7 Å². The molecule has 3 heterocycles. The molecule has 1 fully saturated rings. The number of pyridine rings is 1. The number of piperidine rings is 1. The largest absolute Gasteiger partial charge is 0.490 e. The van der Waals surface area contributed by atoms with Crippen LogP contribution < -0.4 is 15.4 Å². The molecule has 0 atom stereocenters. The first-order valence-corrected chi connectivity index (χ1v) is 6.70. The quantitative estimate of drug-likeness (QED) is 0.893. The zero-order valence-electron chi connectivity index (χ0n) is 11.4. The van der Waals surface area contributed by atoms with Crippen molar-refractivity contribution in [3.63, 3.8) is 0 Å². The molecule has 0 radical (unpaired) electrons. The fraction of sp³-hybridized carbons (Fsp3) is 0.462. The lowest BCUT2D eigenvalue weighted by molar-refractivity contribution is 0.170. The number of nitrogens with zero attached hydrogens (tertiary/aromatic N) is 5. The van der Waals surface area contributed by atoms with E-state index in [-0.39, 0.29) is 6.10 Å². The fourth-order valence-electron chi connectivity index (χ4n) is 2.30. The molecule has 106 valence electrons. The molecule has 20 heavy (non-hydrogen) atoms. The lowest BCUT2D eigenvalue weighted by atomic mass is 10.1. The van der Waals surface area contributed by atoms with E-state index < -0.39 is 0 Å². The number of aromatic nitrogens is 4. The van der Waals surface area contributed by atoms with Crippen LogP contribution in [0, 0.1) is 0 Å². The van der Waals surface area contributed by atoms with Crippen molar-refractivity contribution in [2.75, 3.05) is 23.7 Å². The fourth-order valence-corrected chi connectivity index (χ4v) is 2.30. The van der Waals surface area contributed by atoms with Crippen molar-refractivity contribution < 1.29 is 4.74 Å². The molecule has 0 unspecified atom stereocenters. The molecular formula is C13H18N6O. The first-order valence-electron chi connectivity index (χ1n) is 6.70. The van der Waals surface area contributed by atoms with Crippen molar-refractivity contribution in [2.45, 2.75) is 18.9 Å². The molecule has 0 amide bonds. The molecule has 1 aliphatic heterocycles. The van der Waals surface area contributed by atoms with Gasteiger partial charge in [0.1, 0.15) is 11.9 Å². The minimum atomic E-state index is 0.231. The Kier molecular flexibility index (Phi) is 3.41. The molecule has 1 aliphatic rings. The van der Waals surface area contributed by atoms with Crippen LogP contribution in [-0.2, 0) is 7.05 Å². The Bertz CT molecular complexity index is 542. The van der Waals surface area contributed by atoms with Gasteiger partial charge in [0, 0.05) is 45.4 Å². The zero-order chi connectivity index (χ0) is 13.9. The summed E-state index contributed by atoms with van der Waals surface area (Å²) < 4.78 is 7.52. The van der Waals surface area contributed by atoms with Crippen LogP contribution in [0.5, 0.6) is 5.75 Å². The minimum absolute atomic E-state index is 0.231. The first kappa shape index (κ1) is 12.7. The molecule has 0 bridgehead atoms. The summed E-state index contributed by atoms with van der Waals surface area (Å²) in [6.07, 6.45) is 5.60. The van der Waals surface area contributed by atoms with Gasteiger partial charge in [-0.05, 0) is 12.1 Å². The van der Waals surface area contributed by atoms with E-state index in [0.717, 1.165) is 31.7 Å². The van der Waals surface area contributed by atoms with E-state index in [2.05, 4.69) is 20.0 Å². The highest BCUT2D eigenvalue weighted by Crippen LogP contribution is 2.21. The maximum absolute atomic E-state index is 5.93. The summed E-state index contributed by atoms with van der Waals surface area (Å²) in [4.78, 5) is 10.4. The Morgan fingerprint density at radius 2 is 1.95 bits per heavy atom. The van der Waals surface area contributed by atoms with Crippen molar-refractivity contribution in [3.8, 4) is 5.75 Å². The highest BCUT2D eigenvalue weighted by Gasteiger charge is 2.23. The van der Waals surface area contributed by atoms with Crippen molar-refractivity contribution in [1.29, 1.82) is 0 Å². The Morgan fingerprint density at radius 1 is 1.25 bits per heavy atom. The van der Waals surface area contributed by atoms with Crippen LogP contribution in [0.1, 0.15) is 12.8 Å². The van der Waals surface area contributed by atoms with Gasteiger partial charge in [0.05, 0.1) is 0 Å². The number of hydrogen-bond acceptors (Lipinski definition) is 6. The monoisotopic (exact) mass is 274 g/mol. The molecule has 2 N–H and O–H groups in total. The molecular weight excluding hydrogens is 256 g/mol. The van der Waals surface area contributed by atoms with Gasteiger partial charge in [0.15, 0.2) is 0 Å². The average Bonchev–Trinajstić information content (AvgIpc) is 2.81. The number of aryl methyl sites for hydroxylation is 1. The van der Waals surface area contributed by atoms with E-state index in [1.165, 1.54) is 0 Å².